The lowest BCUT2D eigenvalue weighted by molar-refractivity contribution is 0.0889. The van der Waals surface area contributed by atoms with Crippen LogP contribution in [0.2, 0.25) is 5.02 Å². The van der Waals surface area contributed by atoms with Crippen molar-refractivity contribution in [1.82, 2.24) is 10.3 Å². The Hall–Kier alpha value is -2.67. The zero-order valence-corrected chi connectivity index (χ0v) is 19.6. The fraction of sp³-hybridized carbons (Fsp3) is 0.500. The number of nitrogens with zero attached hydrogens (tertiary/aromatic N) is 1. The van der Waals surface area contributed by atoms with Crippen LogP contribution in [0, 0.1) is 0 Å². The summed E-state index contributed by atoms with van der Waals surface area (Å²) in [6.07, 6.45) is 5.00. The van der Waals surface area contributed by atoms with Gasteiger partial charge in [-0.15, -0.1) is 0 Å². The Kier molecular flexibility index (Phi) is 8.85. The molecule has 1 aliphatic rings. The largest absolute Gasteiger partial charge is 0.490 e. The molecule has 0 aliphatic heterocycles. The van der Waals surface area contributed by atoms with E-state index in [9.17, 15) is 4.79 Å². The molecule has 1 N–H and O–H groups in total. The summed E-state index contributed by atoms with van der Waals surface area (Å²) in [4.78, 5) is 17.2. The van der Waals surface area contributed by atoms with Crippen LogP contribution < -0.4 is 24.3 Å². The van der Waals surface area contributed by atoms with Crippen LogP contribution in [0.3, 0.4) is 0 Å². The van der Waals surface area contributed by atoms with Gasteiger partial charge in [0.15, 0.2) is 11.5 Å². The van der Waals surface area contributed by atoms with E-state index in [0.29, 0.717) is 53.5 Å². The molecule has 0 spiro atoms. The van der Waals surface area contributed by atoms with E-state index in [1.54, 1.807) is 30.5 Å². The van der Waals surface area contributed by atoms with Crippen LogP contribution in [0.15, 0.2) is 30.5 Å². The van der Waals surface area contributed by atoms with Gasteiger partial charge >= 0.3 is 0 Å². The smallest absolute Gasteiger partial charge is 0.251 e. The molecule has 2 aromatic rings. The molecule has 174 valence electrons. The number of hydrogen-bond acceptors (Lipinski definition) is 6. The molecule has 32 heavy (non-hydrogen) atoms. The predicted octanol–water partition coefficient (Wildman–Crippen LogP) is 5.05. The zero-order valence-electron chi connectivity index (χ0n) is 18.9. The summed E-state index contributed by atoms with van der Waals surface area (Å²) >= 11 is 5.87. The van der Waals surface area contributed by atoms with E-state index >= 15 is 0 Å². The predicted molar refractivity (Wildman–Crippen MR) is 123 cm³/mol. The van der Waals surface area contributed by atoms with Crippen molar-refractivity contribution in [3.63, 3.8) is 0 Å². The molecule has 3 rings (SSSR count). The van der Waals surface area contributed by atoms with E-state index in [0.717, 1.165) is 25.7 Å². The molecule has 0 unspecified atom stereocenters. The van der Waals surface area contributed by atoms with Gasteiger partial charge in [0.25, 0.3) is 5.91 Å². The van der Waals surface area contributed by atoms with Crippen molar-refractivity contribution in [1.29, 1.82) is 0 Å². The van der Waals surface area contributed by atoms with Gasteiger partial charge < -0.3 is 24.3 Å². The number of carbonyl (C=O) groups is 1. The van der Waals surface area contributed by atoms with Crippen LogP contribution in [0.1, 0.15) is 56.8 Å². The van der Waals surface area contributed by atoms with Crippen molar-refractivity contribution in [3.05, 3.63) is 41.0 Å². The van der Waals surface area contributed by atoms with Gasteiger partial charge in [0.2, 0.25) is 11.6 Å². The summed E-state index contributed by atoms with van der Waals surface area (Å²) in [5, 5.41) is 3.72. The van der Waals surface area contributed by atoms with Crippen molar-refractivity contribution in [2.75, 3.05) is 19.8 Å². The molecular weight excluding hydrogens is 432 g/mol. The number of amides is 1. The topological polar surface area (TPSA) is 78.9 Å². The lowest BCUT2D eigenvalue weighted by Crippen LogP contribution is -2.39. The van der Waals surface area contributed by atoms with E-state index in [1.807, 2.05) is 20.8 Å². The van der Waals surface area contributed by atoms with E-state index in [-0.39, 0.29) is 18.1 Å². The van der Waals surface area contributed by atoms with Crippen molar-refractivity contribution in [2.45, 2.75) is 58.6 Å². The second-order valence-electron chi connectivity index (χ2n) is 7.48. The number of hydrogen-bond donors (Lipinski definition) is 1. The Morgan fingerprint density at radius 2 is 1.62 bits per heavy atom. The van der Waals surface area contributed by atoms with Crippen LogP contribution in [0.5, 0.6) is 23.1 Å². The molecular formula is C24H31ClN2O5. The van der Waals surface area contributed by atoms with Gasteiger partial charge in [0, 0.05) is 23.9 Å². The van der Waals surface area contributed by atoms with Gasteiger partial charge in [-0.3, -0.25) is 4.79 Å². The molecule has 1 aromatic heterocycles. The fourth-order valence-corrected chi connectivity index (χ4v) is 3.83. The van der Waals surface area contributed by atoms with Gasteiger partial charge in [-0.25, -0.2) is 4.98 Å². The second kappa shape index (κ2) is 11.8. The highest BCUT2D eigenvalue weighted by Crippen LogP contribution is 2.39. The van der Waals surface area contributed by atoms with Gasteiger partial charge in [0.05, 0.1) is 24.8 Å². The first-order valence-electron chi connectivity index (χ1n) is 11.2. The summed E-state index contributed by atoms with van der Waals surface area (Å²) in [5.41, 5.74) is 0.490. The second-order valence-corrected chi connectivity index (χ2v) is 7.92. The van der Waals surface area contributed by atoms with Crippen LogP contribution in [0.25, 0.3) is 0 Å². The molecule has 1 aromatic carbocycles. The summed E-state index contributed by atoms with van der Waals surface area (Å²) in [5.74, 6) is 1.97. The Morgan fingerprint density at radius 1 is 1.00 bits per heavy atom. The molecule has 1 heterocycles. The summed E-state index contributed by atoms with van der Waals surface area (Å²) in [6, 6.07) is 7.05. The lowest BCUT2D eigenvalue weighted by atomic mass is 9.92. The van der Waals surface area contributed by atoms with Crippen molar-refractivity contribution < 1.29 is 23.7 Å². The minimum Gasteiger partial charge on any atom is -0.490 e. The average Bonchev–Trinajstić information content (AvgIpc) is 2.79. The first-order valence-corrected chi connectivity index (χ1v) is 11.6. The Labute approximate surface area is 194 Å². The Morgan fingerprint density at radius 3 is 2.16 bits per heavy atom. The number of halogens is 1. The number of rotatable bonds is 10. The van der Waals surface area contributed by atoms with Crippen LogP contribution in [-0.4, -0.2) is 42.9 Å². The normalized spacial score (nSPS) is 18.0. The van der Waals surface area contributed by atoms with Crippen molar-refractivity contribution in [2.24, 2.45) is 0 Å². The Balaban J connectivity index is 1.62. The van der Waals surface area contributed by atoms with Crippen LogP contribution in [-0.2, 0) is 0 Å². The van der Waals surface area contributed by atoms with Crippen LogP contribution in [0.4, 0.5) is 0 Å². The van der Waals surface area contributed by atoms with Gasteiger partial charge in [0.1, 0.15) is 6.10 Å². The third kappa shape index (κ3) is 6.42. The maximum atomic E-state index is 13.0. The van der Waals surface area contributed by atoms with Crippen LogP contribution >= 0.6 is 11.6 Å². The molecule has 0 atom stereocenters. The lowest BCUT2D eigenvalue weighted by Gasteiger charge is -2.29. The quantitative estimate of drug-likeness (QED) is 0.532. The number of pyridine rings is 1. The minimum atomic E-state index is -0.154. The first kappa shape index (κ1) is 24.0. The summed E-state index contributed by atoms with van der Waals surface area (Å²) in [7, 11) is 0. The number of ether oxygens (including phenoxy) is 4. The first-order chi connectivity index (χ1) is 15.5. The highest BCUT2D eigenvalue weighted by Gasteiger charge is 2.25. The molecule has 8 heteroatoms. The maximum absolute atomic E-state index is 13.0. The molecule has 1 fully saturated rings. The highest BCUT2D eigenvalue weighted by molar-refractivity contribution is 6.30. The van der Waals surface area contributed by atoms with E-state index in [4.69, 9.17) is 30.5 Å². The molecule has 0 saturated heterocycles. The third-order valence-electron chi connectivity index (χ3n) is 5.17. The van der Waals surface area contributed by atoms with Gasteiger partial charge in [-0.05, 0) is 64.7 Å². The molecule has 0 bridgehead atoms. The number of carbonyl (C=O) groups excluding carboxylic acids is 1. The summed E-state index contributed by atoms with van der Waals surface area (Å²) in [6.45, 7) is 7.08. The Bertz CT molecular complexity index is 855. The van der Waals surface area contributed by atoms with E-state index in [1.165, 1.54) is 0 Å². The SMILES string of the molecule is CCOc1cc(C(=O)NC2CCC(Oc3ccc(Cl)cn3)CC2)cc(OCC)c1OCC. The molecule has 1 amide bonds. The van der Waals surface area contributed by atoms with Gasteiger partial charge in [-0.1, -0.05) is 11.6 Å². The van der Waals surface area contributed by atoms with E-state index in [2.05, 4.69) is 10.3 Å². The minimum absolute atomic E-state index is 0.0800. The monoisotopic (exact) mass is 462 g/mol. The molecule has 0 radical (unpaired) electrons. The standard InChI is InChI=1S/C24H31ClN2O5/c1-4-29-20-13-16(14-21(30-5-2)23(20)31-6-3)24(28)27-18-8-10-19(11-9-18)32-22-12-7-17(25)15-26-22/h7,12-15,18-19H,4-6,8-11H2,1-3H3,(H,27,28). The van der Waals surface area contributed by atoms with Gasteiger partial charge in [-0.2, -0.15) is 0 Å². The zero-order chi connectivity index (χ0) is 22.9. The molecule has 7 nitrogen and oxygen atoms in total. The maximum Gasteiger partial charge on any atom is 0.251 e. The third-order valence-corrected chi connectivity index (χ3v) is 5.39. The number of benzene rings is 1. The number of aromatic nitrogens is 1. The molecule has 1 saturated carbocycles. The van der Waals surface area contributed by atoms with Crippen molar-refractivity contribution in [3.8, 4) is 23.1 Å². The fourth-order valence-electron chi connectivity index (χ4n) is 3.72. The average molecular weight is 463 g/mol. The molecule has 1 aliphatic carbocycles. The highest BCUT2D eigenvalue weighted by atomic mass is 35.5. The summed E-state index contributed by atoms with van der Waals surface area (Å²) < 4.78 is 23.1. The van der Waals surface area contributed by atoms with E-state index < -0.39 is 0 Å². The number of nitrogens with one attached hydrogen (secondary N) is 1. The van der Waals surface area contributed by atoms with Crippen molar-refractivity contribution >= 4 is 17.5 Å².